The summed E-state index contributed by atoms with van der Waals surface area (Å²) in [7, 11) is 0. The highest BCUT2D eigenvalue weighted by Crippen LogP contribution is 2.37. The molecule has 4 nitrogen and oxygen atoms in total. The van der Waals surface area contributed by atoms with Crippen LogP contribution in [0.4, 0.5) is 13.2 Å². The van der Waals surface area contributed by atoms with Crippen molar-refractivity contribution in [3.05, 3.63) is 0 Å². The second kappa shape index (κ2) is 8.22. The lowest BCUT2D eigenvalue weighted by atomic mass is 9.85. The molecule has 2 fully saturated rings. The van der Waals surface area contributed by atoms with E-state index < -0.39 is 12.1 Å². The number of hydrogen-bond donors (Lipinski definition) is 3. The zero-order valence-electron chi connectivity index (χ0n) is 13.7. The average Bonchev–Trinajstić information content (AvgIpc) is 2.90. The predicted octanol–water partition coefficient (Wildman–Crippen LogP) is 2.82. The van der Waals surface area contributed by atoms with Crippen LogP contribution in [0.1, 0.15) is 51.9 Å². The molecule has 0 aromatic heterocycles. The Morgan fingerprint density at radius 2 is 1.91 bits per heavy atom. The van der Waals surface area contributed by atoms with E-state index in [9.17, 15) is 18.3 Å². The third kappa shape index (κ3) is 5.55. The molecule has 2 aliphatic carbocycles. The summed E-state index contributed by atoms with van der Waals surface area (Å²) < 4.78 is 38.7. The number of aliphatic imine (C=N–C) groups is 1. The SMILES string of the molecule is CCNC(=NCC1CCCC1O)NC1CCCC(C(F)(F)F)C1. The summed E-state index contributed by atoms with van der Waals surface area (Å²) in [5.41, 5.74) is 0. The lowest BCUT2D eigenvalue weighted by Gasteiger charge is -2.32. The normalized spacial score (nSPS) is 32.8. The van der Waals surface area contributed by atoms with Crippen LogP contribution in [0.15, 0.2) is 4.99 Å². The second-order valence-electron chi connectivity index (χ2n) is 6.72. The lowest BCUT2D eigenvalue weighted by molar-refractivity contribution is -0.183. The van der Waals surface area contributed by atoms with Crippen LogP contribution in [0, 0.1) is 11.8 Å². The van der Waals surface area contributed by atoms with Gasteiger partial charge in [0.05, 0.1) is 12.0 Å². The van der Waals surface area contributed by atoms with Gasteiger partial charge in [-0.1, -0.05) is 12.8 Å². The van der Waals surface area contributed by atoms with Gasteiger partial charge in [0.1, 0.15) is 0 Å². The van der Waals surface area contributed by atoms with Gasteiger partial charge in [0.15, 0.2) is 5.96 Å². The number of rotatable bonds is 4. The minimum Gasteiger partial charge on any atom is -0.393 e. The van der Waals surface area contributed by atoms with Gasteiger partial charge >= 0.3 is 6.18 Å². The van der Waals surface area contributed by atoms with E-state index in [1.807, 2.05) is 6.92 Å². The molecule has 0 spiro atoms. The Balaban J connectivity index is 1.90. The predicted molar refractivity (Wildman–Crippen MR) is 84.3 cm³/mol. The fourth-order valence-electron chi connectivity index (χ4n) is 3.57. The molecule has 0 radical (unpaired) electrons. The lowest BCUT2D eigenvalue weighted by Crippen LogP contribution is -2.47. The van der Waals surface area contributed by atoms with Gasteiger partial charge in [0.25, 0.3) is 0 Å². The molecule has 134 valence electrons. The van der Waals surface area contributed by atoms with E-state index in [4.69, 9.17) is 0 Å². The van der Waals surface area contributed by atoms with E-state index in [1.54, 1.807) is 0 Å². The first-order valence-corrected chi connectivity index (χ1v) is 8.69. The van der Waals surface area contributed by atoms with Crippen LogP contribution in [0.5, 0.6) is 0 Å². The average molecular weight is 335 g/mol. The van der Waals surface area contributed by atoms with Gasteiger partial charge in [-0.15, -0.1) is 0 Å². The van der Waals surface area contributed by atoms with Crippen LogP contribution in [-0.2, 0) is 0 Å². The smallest absolute Gasteiger partial charge is 0.391 e. The Labute approximate surface area is 135 Å². The van der Waals surface area contributed by atoms with Gasteiger partial charge in [-0.2, -0.15) is 13.2 Å². The fraction of sp³-hybridized carbons (Fsp3) is 0.938. The number of hydrogen-bond acceptors (Lipinski definition) is 2. The molecule has 2 rings (SSSR count). The van der Waals surface area contributed by atoms with Crippen molar-refractivity contribution in [2.75, 3.05) is 13.1 Å². The van der Waals surface area contributed by atoms with Gasteiger partial charge in [0, 0.05) is 25.0 Å². The molecule has 23 heavy (non-hydrogen) atoms. The van der Waals surface area contributed by atoms with E-state index in [0.29, 0.717) is 25.5 Å². The molecule has 7 heteroatoms. The van der Waals surface area contributed by atoms with Crippen molar-refractivity contribution in [3.8, 4) is 0 Å². The van der Waals surface area contributed by atoms with E-state index >= 15 is 0 Å². The summed E-state index contributed by atoms with van der Waals surface area (Å²) in [5, 5.41) is 16.1. The Morgan fingerprint density at radius 3 is 2.52 bits per heavy atom. The van der Waals surface area contributed by atoms with Gasteiger partial charge in [-0.3, -0.25) is 4.99 Å². The summed E-state index contributed by atoms with van der Waals surface area (Å²) in [5.74, 6) is -0.479. The minimum absolute atomic E-state index is 0.111. The van der Waals surface area contributed by atoms with Crippen molar-refractivity contribution in [2.45, 2.75) is 70.2 Å². The molecule has 3 N–H and O–H groups in total. The molecular weight excluding hydrogens is 307 g/mol. The van der Waals surface area contributed by atoms with E-state index in [-0.39, 0.29) is 30.9 Å². The van der Waals surface area contributed by atoms with Crippen LogP contribution >= 0.6 is 0 Å². The van der Waals surface area contributed by atoms with Crippen LogP contribution in [0.3, 0.4) is 0 Å². The summed E-state index contributed by atoms with van der Waals surface area (Å²) in [4.78, 5) is 4.48. The first-order valence-electron chi connectivity index (χ1n) is 8.69. The molecule has 2 saturated carbocycles. The summed E-state index contributed by atoms with van der Waals surface area (Å²) in [6, 6.07) is -0.193. The minimum atomic E-state index is -4.11. The molecular formula is C16H28F3N3O. The Kier molecular flexibility index (Phi) is 6.56. The second-order valence-corrected chi connectivity index (χ2v) is 6.72. The largest absolute Gasteiger partial charge is 0.393 e. The standard InChI is InChI=1S/C16H28F3N3O/c1-2-20-15(21-10-11-5-3-8-14(11)23)22-13-7-4-6-12(9-13)16(17,18)19/h11-14,23H,2-10H2,1H3,(H2,20,21,22). The molecule has 2 aliphatic rings. The highest BCUT2D eigenvalue weighted by Gasteiger charge is 2.42. The number of aliphatic hydroxyl groups excluding tert-OH is 1. The van der Waals surface area contributed by atoms with E-state index in [0.717, 1.165) is 25.7 Å². The Bertz CT molecular complexity index is 401. The van der Waals surface area contributed by atoms with Crippen molar-refractivity contribution in [1.29, 1.82) is 0 Å². The molecule has 0 amide bonds. The summed E-state index contributed by atoms with van der Waals surface area (Å²) in [6.45, 7) is 3.11. The quantitative estimate of drug-likeness (QED) is 0.547. The van der Waals surface area contributed by atoms with Crippen molar-refractivity contribution in [2.24, 2.45) is 16.8 Å². The van der Waals surface area contributed by atoms with Gasteiger partial charge in [-0.25, -0.2) is 0 Å². The molecule has 0 bridgehead atoms. The maximum atomic E-state index is 12.9. The van der Waals surface area contributed by atoms with Gasteiger partial charge in [-0.05, 0) is 39.0 Å². The Morgan fingerprint density at radius 1 is 1.17 bits per heavy atom. The van der Waals surface area contributed by atoms with Crippen LogP contribution in [-0.4, -0.2) is 42.5 Å². The third-order valence-corrected chi connectivity index (χ3v) is 4.93. The first kappa shape index (κ1) is 18.4. The Hall–Kier alpha value is -0.980. The number of guanidine groups is 1. The number of alkyl halides is 3. The van der Waals surface area contributed by atoms with Gasteiger partial charge in [0.2, 0.25) is 0 Å². The van der Waals surface area contributed by atoms with Crippen molar-refractivity contribution >= 4 is 5.96 Å². The highest BCUT2D eigenvalue weighted by atomic mass is 19.4. The number of aliphatic hydroxyl groups is 1. The zero-order valence-corrected chi connectivity index (χ0v) is 13.7. The topological polar surface area (TPSA) is 56.7 Å². The molecule has 0 aromatic rings. The van der Waals surface area contributed by atoms with E-state index in [1.165, 1.54) is 0 Å². The first-order chi connectivity index (χ1) is 10.9. The number of nitrogens with zero attached hydrogens (tertiary/aromatic N) is 1. The molecule has 4 unspecified atom stereocenters. The third-order valence-electron chi connectivity index (χ3n) is 4.93. The summed E-state index contributed by atoms with van der Waals surface area (Å²) >= 11 is 0. The molecule has 0 aromatic carbocycles. The maximum absolute atomic E-state index is 12.9. The van der Waals surface area contributed by atoms with Crippen molar-refractivity contribution < 1.29 is 18.3 Å². The van der Waals surface area contributed by atoms with Crippen molar-refractivity contribution in [3.63, 3.8) is 0 Å². The van der Waals surface area contributed by atoms with Crippen LogP contribution in [0.2, 0.25) is 0 Å². The molecule has 0 aliphatic heterocycles. The molecule has 4 atom stereocenters. The van der Waals surface area contributed by atoms with Crippen LogP contribution in [0.25, 0.3) is 0 Å². The number of nitrogens with one attached hydrogen (secondary N) is 2. The highest BCUT2D eigenvalue weighted by molar-refractivity contribution is 5.80. The fourth-order valence-corrected chi connectivity index (χ4v) is 3.57. The zero-order chi connectivity index (χ0) is 16.9. The van der Waals surface area contributed by atoms with Crippen molar-refractivity contribution in [1.82, 2.24) is 10.6 Å². The van der Waals surface area contributed by atoms with Crippen LogP contribution < -0.4 is 10.6 Å². The van der Waals surface area contributed by atoms with Gasteiger partial charge < -0.3 is 15.7 Å². The molecule has 0 heterocycles. The summed E-state index contributed by atoms with van der Waals surface area (Å²) in [6.07, 6.45) is 0.0510. The molecule has 0 saturated heterocycles. The number of halogens is 3. The monoisotopic (exact) mass is 335 g/mol. The van der Waals surface area contributed by atoms with E-state index in [2.05, 4.69) is 15.6 Å². The maximum Gasteiger partial charge on any atom is 0.391 e.